The molecule has 0 radical (unpaired) electrons. The Balaban J connectivity index is 1.71. The number of carbonyl (C=O) groups excluding carboxylic acids is 2. The number of hydrogen-bond donors (Lipinski definition) is 1. The van der Waals surface area contributed by atoms with Gasteiger partial charge in [-0.05, 0) is 60.2 Å². The molecule has 34 heavy (non-hydrogen) atoms. The molecular weight excluding hydrogens is 479 g/mol. The summed E-state index contributed by atoms with van der Waals surface area (Å²) in [6, 6.07) is 16.0. The zero-order valence-electron chi connectivity index (χ0n) is 17.7. The molecule has 1 unspecified atom stereocenters. The first-order valence-corrected chi connectivity index (χ1v) is 11.3. The quantitative estimate of drug-likeness (QED) is 0.223. The molecule has 1 atom stereocenters. The Morgan fingerprint density at radius 3 is 2.47 bits per heavy atom. The number of aromatic nitrogens is 1. The minimum absolute atomic E-state index is 0.115. The highest BCUT2D eigenvalue weighted by atomic mass is 35.5. The normalized spacial score (nSPS) is 17.5. The highest BCUT2D eigenvalue weighted by Crippen LogP contribution is 2.44. The topological polar surface area (TPSA) is 79.7 Å². The zero-order valence-corrected chi connectivity index (χ0v) is 19.2. The van der Waals surface area contributed by atoms with Crippen molar-refractivity contribution in [2.75, 3.05) is 12.0 Å². The molecule has 9 heteroatoms. The van der Waals surface area contributed by atoms with E-state index >= 15 is 0 Å². The number of ether oxygens (including phenoxy) is 1. The van der Waals surface area contributed by atoms with Crippen LogP contribution in [0.15, 0.2) is 72.3 Å². The number of carbonyl (C=O) groups is 2. The number of rotatable bonds is 4. The van der Waals surface area contributed by atoms with Gasteiger partial charge in [-0.15, -0.1) is 0 Å². The second-order valence-electron chi connectivity index (χ2n) is 7.56. The predicted molar refractivity (Wildman–Crippen MR) is 129 cm³/mol. The molecule has 5 rings (SSSR count). The van der Waals surface area contributed by atoms with Crippen LogP contribution in [-0.2, 0) is 9.59 Å². The maximum Gasteiger partial charge on any atom is 0.301 e. The number of ketones is 1. The molecule has 0 aliphatic carbocycles. The fraction of sp³-hybridized carbons (Fsp3) is 0.0800. The summed E-state index contributed by atoms with van der Waals surface area (Å²) in [6.45, 7) is 0. The van der Waals surface area contributed by atoms with E-state index < -0.39 is 23.5 Å². The highest BCUT2D eigenvalue weighted by Gasteiger charge is 2.48. The summed E-state index contributed by atoms with van der Waals surface area (Å²) in [5, 5.41) is 11.8. The minimum atomic E-state index is -1.00. The average molecular weight is 495 g/mol. The van der Waals surface area contributed by atoms with Crippen LogP contribution < -0.4 is 9.64 Å². The molecule has 1 saturated heterocycles. The number of nitrogens with zero attached hydrogens (tertiary/aromatic N) is 2. The number of thiazole rings is 1. The number of aliphatic hydroxyl groups is 1. The van der Waals surface area contributed by atoms with E-state index in [9.17, 15) is 19.1 Å². The molecule has 2 heterocycles. The number of anilines is 1. The molecule has 1 fully saturated rings. The van der Waals surface area contributed by atoms with Gasteiger partial charge < -0.3 is 9.84 Å². The first-order chi connectivity index (χ1) is 16.4. The van der Waals surface area contributed by atoms with Crippen LogP contribution in [0.25, 0.3) is 16.0 Å². The van der Waals surface area contributed by atoms with Crippen molar-refractivity contribution in [2.24, 2.45) is 0 Å². The fourth-order valence-electron chi connectivity index (χ4n) is 3.88. The van der Waals surface area contributed by atoms with Crippen LogP contribution in [0, 0.1) is 5.82 Å². The third-order valence-corrected chi connectivity index (χ3v) is 6.81. The van der Waals surface area contributed by atoms with Crippen LogP contribution in [-0.4, -0.2) is 28.9 Å². The van der Waals surface area contributed by atoms with Crippen molar-refractivity contribution in [1.29, 1.82) is 0 Å². The lowest BCUT2D eigenvalue weighted by atomic mass is 9.95. The van der Waals surface area contributed by atoms with Crippen molar-refractivity contribution < 1.29 is 23.8 Å². The van der Waals surface area contributed by atoms with Crippen LogP contribution in [0.4, 0.5) is 9.52 Å². The maximum atomic E-state index is 13.7. The summed E-state index contributed by atoms with van der Waals surface area (Å²) in [5.41, 5.74) is 1.28. The van der Waals surface area contributed by atoms with Gasteiger partial charge in [-0.2, -0.15) is 0 Å². The van der Waals surface area contributed by atoms with Crippen LogP contribution in [0.1, 0.15) is 17.2 Å². The average Bonchev–Trinajstić information content (AvgIpc) is 3.37. The Morgan fingerprint density at radius 2 is 1.79 bits per heavy atom. The number of hydrogen-bond acceptors (Lipinski definition) is 6. The third-order valence-electron chi connectivity index (χ3n) is 5.54. The molecule has 0 bridgehead atoms. The molecule has 0 spiro atoms. The molecule has 3 aromatic carbocycles. The van der Waals surface area contributed by atoms with Crippen LogP contribution in [0.2, 0.25) is 5.02 Å². The number of benzene rings is 3. The summed E-state index contributed by atoms with van der Waals surface area (Å²) >= 11 is 7.16. The van der Waals surface area contributed by atoms with E-state index in [-0.39, 0.29) is 16.5 Å². The zero-order chi connectivity index (χ0) is 24.0. The molecule has 1 aliphatic rings. The Morgan fingerprint density at radius 1 is 1.09 bits per heavy atom. The number of aliphatic hydroxyl groups excluding tert-OH is 1. The van der Waals surface area contributed by atoms with Gasteiger partial charge in [0.2, 0.25) is 0 Å². The molecule has 1 amide bonds. The van der Waals surface area contributed by atoms with E-state index in [2.05, 4.69) is 4.98 Å². The summed E-state index contributed by atoms with van der Waals surface area (Å²) in [4.78, 5) is 32.2. The van der Waals surface area contributed by atoms with E-state index in [1.54, 1.807) is 49.6 Å². The SMILES string of the molecule is COc1ccc2nc(N3C(=O)C(=O)/C(=C(/O)c4ccc(Cl)cc4)C3c3ccc(F)cc3)sc2c1. The largest absolute Gasteiger partial charge is 0.507 e. The van der Waals surface area contributed by atoms with Crippen molar-refractivity contribution in [3.05, 3.63) is 94.3 Å². The summed E-state index contributed by atoms with van der Waals surface area (Å²) in [7, 11) is 1.55. The number of methoxy groups -OCH3 is 1. The first kappa shape index (κ1) is 22.1. The van der Waals surface area contributed by atoms with Crippen LogP contribution >= 0.6 is 22.9 Å². The fourth-order valence-corrected chi connectivity index (χ4v) is 5.02. The molecule has 0 saturated carbocycles. The molecule has 1 aliphatic heterocycles. The molecular formula is C25H16ClFN2O4S. The van der Waals surface area contributed by atoms with Crippen molar-refractivity contribution in [3.63, 3.8) is 0 Å². The lowest BCUT2D eigenvalue weighted by molar-refractivity contribution is -0.132. The van der Waals surface area contributed by atoms with E-state index in [1.807, 2.05) is 0 Å². The van der Waals surface area contributed by atoms with E-state index in [0.717, 1.165) is 4.70 Å². The summed E-state index contributed by atoms with van der Waals surface area (Å²) in [6.07, 6.45) is 0. The summed E-state index contributed by atoms with van der Waals surface area (Å²) in [5.74, 6) is -1.89. The van der Waals surface area contributed by atoms with E-state index in [1.165, 1.54) is 40.5 Å². The highest BCUT2D eigenvalue weighted by molar-refractivity contribution is 7.22. The number of halogens is 2. The Labute approximate surface area is 202 Å². The van der Waals surface area contributed by atoms with E-state index in [4.69, 9.17) is 16.3 Å². The lowest BCUT2D eigenvalue weighted by Crippen LogP contribution is -2.29. The van der Waals surface area contributed by atoms with Crippen molar-refractivity contribution in [3.8, 4) is 5.75 Å². The lowest BCUT2D eigenvalue weighted by Gasteiger charge is -2.23. The Kier molecular flexibility index (Phi) is 5.55. The maximum absolute atomic E-state index is 13.7. The second-order valence-corrected chi connectivity index (χ2v) is 9.00. The molecule has 6 nitrogen and oxygen atoms in total. The van der Waals surface area contributed by atoms with Gasteiger partial charge in [-0.25, -0.2) is 9.37 Å². The molecule has 1 N–H and O–H groups in total. The Bertz CT molecular complexity index is 1460. The number of fused-ring (bicyclic) bond motifs is 1. The minimum Gasteiger partial charge on any atom is -0.507 e. The standard InChI is InChI=1S/C25H16ClFN2O4S/c1-33-17-10-11-18-19(12-17)34-25(28-18)29-21(13-4-8-16(27)9-5-13)20(23(31)24(29)32)22(30)14-2-6-15(26)7-3-14/h2-12,21,30H,1H3/b22-20+. The van der Waals surface area contributed by atoms with Gasteiger partial charge in [0.05, 0.1) is 28.9 Å². The van der Waals surface area contributed by atoms with Crippen LogP contribution in [0.3, 0.4) is 0 Å². The predicted octanol–water partition coefficient (Wildman–Crippen LogP) is 5.72. The van der Waals surface area contributed by atoms with Gasteiger partial charge in [0, 0.05) is 10.6 Å². The smallest absolute Gasteiger partial charge is 0.301 e. The number of Topliss-reactive ketones (excluding diaryl/α,β-unsaturated/α-hetero) is 1. The van der Waals surface area contributed by atoms with Crippen molar-refractivity contribution in [2.45, 2.75) is 6.04 Å². The van der Waals surface area contributed by atoms with Gasteiger partial charge in [-0.1, -0.05) is 35.1 Å². The van der Waals surface area contributed by atoms with Crippen molar-refractivity contribution >= 4 is 55.7 Å². The van der Waals surface area contributed by atoms with E-state index in [0.29, 0.717) is 27.4 Å². The van der Waals surface area contributed by atoms with Gasteiger partial charge in [-0.3, -0.25) is 14.5 Å². The second kappa shape index (κ2) is 8.55. The molecule has 170 valence electrons. The Hall–Kier alpha value is -3.75. The summed E-state index contributed by atoms with van der Waals surface area (Å²) < 4.78 is 19.7. The third kappa shape index (κ3) is 3.70. The van der Waals surface area contributed by atoms with Gasteiger partial charge >= 0.3 is 5.91 Å². The number of amides is 1. The molecule has 4 aromatic rings. The van der Waals surface area contributed by atoms with Gasteiger partial charge in [0.15, 0.2) is 5.13 Å². The van der Waals surface area contributed by atoms with Crippen molar-refractivity contribution in [1.82, 2.24) is 4.98 Å². The van der Waals surface area contributed by atoms with Gasteiger partial charge in [0.25, 0.3) is 5.78 Å². The monoisotopic (exact) mass is 494 g/mol. The first-order valence-electron chi connectivity index (χ1n) is 10.1. The molecule has 1 aromatic heterocycles. The van der Waals surface area contributed by atoms with Gasteiger partial charge in [0.1, 0.15) is 17.3 Å². The van der Waals surface area contributed by atoms with Crippen LogP contribution in [0.5, 0.6) is 5.75 Å².